The second-order valence-electron chi connectivity index (χ2n) is 4.33. The third-order valence-corrected chi connectivity index (χ3v) is 1.73. The number of carboxylic acid groups (broad SMARTS) is 1. The molecule has 1 aromatic rings. The zero-order valence-corrected chi connectivity index (χ0v) is 9.66. The molecule has 0 spiro atoms. The van der Waals surface area contributed by atoms with Crippen LogP contribution in [0, 0.1) is 0 Å². The highest BCUT2D eigenvalue weighted by Crippen LogP contribution is 2.24. The van der Waals surface area contributed by atoms with Crippen LogP contribution in [-0.4, -0.2) is 21.7 Å². The molecule has 1 aromatic heterocycles. The molecule has 0 fully saturated rings. The molecule has 0 amide bonds. The number of halogens is 2. The Morgan fingerprint density at radius 3 is 2.47 bits per heavy atom. The van der Waals surface area contributed by atoms with Crippen LogP contribution in [0.25, 0.3) is 0 Å². The van der Waals surface area contributed by atoms with E-state index in [0.29, 0.717) is 0 Å². The van der Waals surface area contributed by atoms with Crippen molar-refractivity contribution in [3.63, 3.8) is 0 Å². The van der Waals surface area contributed by atoms with Crippen molar-refractivity contribution in [2.45, 2.75) is 39.4 Å². The fraction of sp³-hybridized carbons (Fsp3) is 0.600. The largest absolute Gasteiger partial charge is 0.475 e. The van der Waals surface area contributed by atoms with E-state index in [-0.39, 0.29) is 12.5 Å². The summed E-state index contributed by atoms with van der Waals surface area (Å²) in [5.74, 6) is -2.59. The van der Waals surface area contributed by atoms with E-state index in [4.69, 9.17) is 14.3 Å². The van der Waals surface area contributed by atoms with E-state index in [1.807, 2.05) is 0 Å². The van der Waals surface area contributed by atoms with Crippen LogP contribution in [0.15, 0.2) is 4.42 Å². The number of hydrogen-bond donors (Lipinski definition) is 1. The summed E-state index contributed by atoms with van der Waals surface area (Å²) in [4.78, 5) is 14.0. The third kappa shape index (κ3) is 3.77. The van der Waals surface area contributed by atoms with Gasteiger partial charge in [-0.15, -0.1) is 0 Å². The predicted octanol–water partition coefficient (Wildman–Crippen LogP) is 2.63. The Morgan fingerprint density at radius 1 is 1.53 bits per heavy atom. The molecule has 0 saturated carbocycles. The van der Waals surface area contributed by atoms with Crippen molar-refractivity contribution >= 4 is 5.97 Å². The van der Waals surface area contributed by atoms with E-state index in [1.54, 1.807) is 20.8 Å². The lowest BCUT2D eigenvalue weighted by atomic mass is 10.2. The summed E-state index contributed by atoms with van der Waals surface area (Å²) in [5, 5.41) is 8.65. The number of oxazole rings is 1. The van der Waals surface area contributed by atoms with E-state index in [2.05, 4.69) is 4.98 Å². The maximum atomic E-state index is 12.4. The van der Waals surface area contributed by atoms with Crippen molar-refractivity contribution < 1.29 is 27.8 Å². The monoisotopic (exact) mass is 249 g/mol. The van der Waals surface area contributed by atoms with Gasteiger partial charge in [-0.25, -0.2) is 18.6 Å². The van der Waals surface area contributed by atoms with E-state index in [0.717, 1.165) is 0 Å². The van der Waals surface area contributed by atoms with Crippen molar-refractivity contribution in [1.29, 1.82) is 0 Å². The summed E-state index contributed by atoms with van der Waals surface area (Å²) in [6.45, 7) is 5.14. The molecule has 1 rings (SSSR count). The van der Waals surface area contributed by atoms with Gasteiger partial charge in [0, 0.05) is 0 Å². The molecular weight excluding hydrogens is 236 g/mol. The van der Waals surface area contributed by atoms with E-state index >= 15 is 0 Å². The Balaban J connectivity index is 2.89. The smallest absolute Gasteiger partial charge is 0.374 e. The van der Waals surface area contributed by atoms with Gasteiger partial charge in [0.15, 0.2) is 5.69 Å². The average Bonchev–Trinajstić information content (AvgIpc) is 2.57. The van der Waals surface area contributed by atoms with Gasteiger partial charge >= 0.3 is 5.97 Å². The lowest BCUT2D eigenvalue weighted by molar-refractivity contribution is -0.0247. The molecule has 0 bridgehead atoms. The van der Waals surface area contributed by atoms with Crippen LogP contribution in [0.3, 0.4) is 0 Å². The van der Waals surface area contributed by atoms with Gasteiger partial charge in [0.05, 0.1) is 5.60 Å². The van der Waals surface area contributed by atoms with Crippen molar-refractivity contribution in [2.75, 3.05) is 0 Å². The number of alkyl halides is 2. The fourth-order valence-electron chi connectivity index (χ4n) is 1.02. The van der Waals surface area contributed by atoms with Gasteiger partial charge in [0.2, 0.25) is 11.7 Å². The van der Waals surface area contributed by atoms with Crippen LogP contribution in [0.4, 0.5) is 8.78 Å². The Morgan fingerprint density at radius 2 is 2.12 bits per heavy atom. The van der Waals surface area contributed by atoms with Crippen molar-refractivity contribution in [2.24, 2.45) is 0 Å². The quantitative estimate of drug-likeness (QED) is 0.887. The second kappa shape index (κ2) is 4.79. The topological polar surface area (TPSA) is 72.6 Å². The van der Waals surface area contributed by atoms with Crippen LogP contribution < -0.4 is 0 Å². The Kier molecular flexibility index (Phi) is 3.82. The molecule has 7 heteroatoms. The van der Waals surface area contributed by atoms with Crippen LogP contribution in [0.1, 0.15) is 49.3 Å². The van der Waals surface area contributed by atoms with Gasteiger partial charge in [0.25, 0.3) is 6.43 Å². The number of aromatic nitrogens is 1. The van der Waals surface area contributed by atoms with Gasteiger partial charge in [0.1, 0.15) is 6.61 Å². The number of nitrogens with zero attached hydrogens (tertiary/aromatic N) is 1. The van der Waals surface area contributed by atoms with Crippen molar-refractivity contribution in [1.82, 2.24) is 4.98 Å². The standard InChI is InChI=1S/C10H13F2NO4/c1-10(2,3)16-4-5-13-6(8(11)12)7(17-5)9(14)15/h8H,4H2,1-3H3,(H,14,15). The Hall–Kier alpha value is -1.50. The summed E-state index contributed by atoms with van der Waals surface area (Å²) in [7, 11) is 0. The minimum Gasteiger partial charge on any atom is -0.475 e. The number of carbonyl (C=O) groups is 1. The number of ether oxygens (including phenoxy) is 1. The molecule has 0 saturated heterocycles. The number of aromatic carboxylic acids is 1. The van der Waals surface area contributed by atoms with Crippen LogP contribution in [-0.2, 0) is 11.3 Å². The van der Waals surface area contributed by atoms with E-state index < -0.39 is 29.4 Å². The fourth-order valence-corrected chi connectivity index (χ4v) is 1.02. The average molecular weight is 249 g/mol. The maximum absolute atomic E-state index is 12.4. The molecule has 17 heavy (non-hydrogen) atoms. The summed E-state index contributed by atoms with van der Waals surface area (Å²) in [6.07, 6.45) is -2.99. The SMILES string of the molecule is CC(C)(C)OCc1nc(C(F)F)c(C(=O)O)o1. The second-order valence-corrected chi connectivity index (χ2v) is 4.33. The lowest BCUT2D eigenvalue weighted by Crippen LogP contribution is -2.18. The molecule has 0 radical (unpaired) electrons. The summed E-state index contributed by atoms with van der Waals surface area (Å²) in [6, 6.07) is 0. The minimum atomic E-state index is -2.99. The van der Waals surface area contributed by atoms with Crippen LogP contribution in [0.5, 0.6) is 0 Å². The molecule has 96 valence electrons. The Labute approximate surface area is 96.4 Å². The number of carboxylic acids is 1. The van der Waals surface area contributed by atoms with Gasteiger partial charge in [-0.2, -0.15) is 0 Å². The third-order valence-electron chi connectivity index (χ3n) is 1.73. The molecule has 1 N–H and O–H groups in total. The highest BCUT2D eigenvalue weighted by atomic mass is 19.3. The van der Waals surface area contributed by atoms with Crippen molar-refractivity contribution in [3.8, 4) is 0 Å². The first-order chi connectivity index (χ1) is 7.70. The van der Waals surface area contributed by atoms with Crippen molar-refractivity contribution in [3.05, 3.63) is 17.3 Å². The molecule has 5 nitrogen and oxygen atoms in total. The summed E-state index contributed by atoms with van der Waals surface area (Å²) >= 11 is 0. The highest BCUT2D eigenvalue weighted by Gasteiger charge is 2.26. The zero-order valence-electron chi connectivity index (χ0n) is 9.66. The highest BCUT2D eigenvalue weighted by molar-refractivity contribution is 5.85. The number of hydrogen-bond acceptors (Lipinski definition) is 4. The van der Waals surface area contributed by atoms with Gasteiger partial charge in [-0.3, -0.25) is 0 Å². The predicted molar refractivity (Wildman–Crippen MR) is 53.0 cm³/mol. The van der Waals surface area contributed by atoms with E-state index in [1.165, 1.54) is 0 Å². The molecule has 0 aliphatic carbocycles. The maximum Gasteiger partial charge on any atom is 0.374 e. The minimum absolute atomic E-state index is 0.156. The first-order valence-electron chi connectivity index (χ1n) is 4.85. The van der Waals surface area contributed by atoms with Gasteiger partial charge in [-0.1, -0.05) is 0 Å². The molecule has 0 atom stereocenters. The number of rotatable bonds is 4. The molecular formula is C10H13F2NO4. The van der Waals surface area contributed by atoms with Gasteiger partial charge < -0.3 is 14.3 Å². The van der Waals surface area contributed by atoms with Gasteiger partial charge in [-0.05, 0) is 20.8 Å². The lowest BCUT2D eigenvalue weighted by Gasteiger charge is -2.17. The first kappa shape index (κ1) is 13.6. The normalized spacial score (nSPS) is 12.1. The molecule has 0 aromatic carbocycles. The first-order valence-corrected chi connectivity index (χ1v) is 4.85. The molecule has 0 aliphatic rings. The van der Waals surface area contributed by atoms with Crippen LogP contribution >= 0.6 is 0 Å². The summed E-state index contributed by atoms with van der Waals surface area (Å²) < 4.78 is 34.9. The molecule has 0 unspecified atom stereocenters. The molecule has 1 heterocycles. The zero-order chi connectivity index (χ0) is 13.2. The molecule has 0 aliphatic heterocycles. The van der Waals surface area contributed by atoms with Crippen LogP contribution in [0.2, 0.25) is 0 Å². The summed E-state index contributed by atoms with van der Waals surface area (Å²) in [5.41, 5.74) is -1.37. The van der Waals surface area contributed by atoms with E-state index in [9.17, 15) is 13.6 Å². The Bertz CT molecular complexity index is 409.